The average molecular weight is 516 g/mol. The molecule has 0 spiro atoms. The van der Waals surface area contributed by atoms with Gasteiger partial charge in [-0.15, -0.1) is 0 Å². The van der Waals surface area contributed by atoms with Crippen molar-refractivity contribution >= 4 is 51.7 Å². The zero-order valence-corrected chi connectivity index (χ0v) is 21.3. The molecular formula is C24H29N5O4S2. The number of aromatic nitrogens is 2. The van der Waals surface area contributed by atoms with Crippen molar-refractivity contribution in [1.29, 1.82) is 0 Å². The third-order valence-corrected chi connectivity index (χ3v) is 8.09. The number of ether oxygens (including phenoxy) is 1. The maximum atomic E-state index is 13.7. The van der Waals surface area contributed by atoms with Gasteiger partial charge in [-0.3, -0.25) is 23.8 Å². The van der Waals surface area contributed by atoms with Gasteiger partial charge in [-0.1, -0.05) is 30.0 Å². The van der Waals surface area contributed by atoms with Crippen LogP contribution in [0.4, 0.5) is 5.82 Å². The lowest BCUT2D eigenvalue weighted by molar-refractivity contribution is -0.123. The van der Waals surface area contributed by atoms with Gasteiger partial charge in [-0.2, -0.15) is 0 Å². The molecular weight excluding hydrogens is 486 g/mol. The normalized spacial score (nSPS) is 22.8. The Morgan fingerprint density at radius 2 is 2.09 bits per heavy atom. The highest BCUT2D eigenvalue weighted by Gasteiger charge is 2.35. The summed E-state index contributed by atoms with van der Waals surface area (Å²) in [4.78, 5) is 38.1. The fraction of sp³-hybridized carbons (Fsp3) is 0.500. The van der Waals surface area contributed by atoms with Crippen LogP contribution in [0.5, 0.6) is 0 Å². The lowest BCUT2D eigenvalue weighted by Crippen LogP contribution is -2.48. The van der Waals surface area contributed by atoms with E-state index < -0.39 is 0 Å². The number of thioether (sulfide) groups is 1. The first-order valence-electron chi connectivity index (χ1n) is 11.9. The predicted molar refractivity (Wildman–Crippen MR) is 141 cm³/mol. The Bertz CT molecular complexity index is 1230. The van der Waals surface area contributed by atoms with E-state index in [0.29, 0.717) is 59.0 Å². The van der Waals surface area contributed by atoms with Crippen molar-refractivity contribution < 1.29 is 14.6 Å². The van der Waals surface area contributed by atoms with E-state index in [2.05, 4.69) is 9.80 Å². The second-order valence-electron chi connectivity index (χ2n) is 9.02. The number of anilines is 1. The Labute approximate surface area is 213 Å². The van der Waals surface area contributed by atoms with Crippen LogP contribution in [-0.2, 0) is 9.53 Å². The summed E-state index contributed by atoms with van der Waals surface area (Å²) in [5.74, 6) is 0.389. The first kappa shape index (κ1) is 24.4. The molecule has 5 heterocycles. The van der Waals surface area contributed by atoms with Crippen LogP contribution < -0.4 is 10.5 Å². The topological polar surface area (TPSA) is 90.6 Å². The van der Waals surface area contributed by atoms with Crippen LogP contribution in [0.15, 0.2) is 28.0 Å². The van der Waals surface area contributed by atoms with Crippen LogP contribution in [0.2, 0.25) is 0 Å². The highest BCUT2D eigenvalue weighted by molar-refractivity contribution is 8.26. The number of rotatable bonds is 6. The number of aliphatic hydroxyl groups is 1. The van der Waals surface area contributed by atoms with Crippen molar-refractivity contribution in [2.75, 3.05) is 57.4 Å². The van der Waals surface area contributed by atoms with E-state index >= 15 is 0 Å². The molecule has 11 heteroatoms. The van der Waals surface area contributed by atoms with Crippen LogP contribution in [0.25, 0.3) is 11.7 Å². The molecule has 0 aromatic carbocycles. The zero-order valence-electron chi connectivity index (χ0n) is 19.7. The highest BCUT2D eigenvalue weighted by Crippen LogP contribution is 2.34. The van der Waals surface area contributed by atoms with E-state index in [4.69, 9.17) is 21.9 Å². The molecule has 186 valence electrons. The molecule has 0 bridgehead atoms. The Hall–Kier alpha value is -2.31. The van der Waals surface area contributed by atoms with Crippen LogP contribution in [-0.4, -0.2) is 93.1 Å². The summed E-state index contributed by atoms with van der Waals surface area (Å²) >= 11 is 6.73. The molecule has 3 aliphatic heterocycles. The quantitative estimate of drug-likeness (QED) is 0.454. The molecule has 1 unspecified atom stereocenters. The number of amides is 1. The molecule has 1 atom stereocenters. The number of pyridine rings is 1. The zero-order chi connectivity index (χ0) is 24.5. The summed E-state index contributed by atoms with van der Waals surface area (Å²) in [5.41, 5.74) is 1.68. The van der Waals surface area contributed by atoms with E-state index in [9.17, 15) is 14.7 Å². The van der Waals surface area contributed by atoms with E-state index in [-0.39, 0.29) is 24.2 Å². The van der Waals surface area contributed by atoms with Gasteiger partial charge in [0, 0.05) is 45.5 Å². The number of piperazine rings is 1. The van der Waals surface area contributed by atoms with Gasteiger partial charge >= 0.3 is 0 Å². The van der Waals surface area contributed by atoms with Crippen LogP contribution in [0.3, 0.4) is 0 Å². The minimum absolute atomic E-state index is 0.00133. The van der Waals surface area contributed by atoms with Gasteiger partial charge in [0.1, 0.15) is 15.8 Å². The van der Waals surface area contributed by atoms with Crippen molar-refractivity contribution in [2.24, 2.45) is 0 Å². The van der Waals surface area contributed by atoms with Crippen molar-refractivity contribution in [3.63, 3.8) is 0 Å². The van der Waals surface area contributed by atoms with Crippen molar-refractivity contribution in [3.8, 4) is 0 Å². The molecule has 3 fully saturated rings. The number of hydrogen-bond donors (Lipinski definition) is 1. The standard InChI is InChI=1S/C24H29N5O4S2/c1-16-4-2-6-28-20(16)25-21(27-9-7-26(8-10-27)11-12-30)18(22(28)31)14-19-23(32)29(24(34)35-19)15-17-5-3-13-33-17/h2,4,6,14,17,30H,3,5,7-13,15H2,1H3. The number of aliphatic hydroxyl groups excluding tert-OH is 1. The fourth-order valence-electron chi connectivity index (χ4n) is 4.77. The number of carbonyl (C=O) groups is 1. The molecule has 5 rings (SSSR count). The minimum Gasteiger partial charge on any atom is -0.395 e. The Balaban J connectivity index is 1.52. The predicted octanol–water partition coefficient (Wildman–Crippen LogP) is 1.50. The van der Waals surface area contributed by atoms with Gasteiger partial charge in [-0.05, 0) is 37.5 Å². The Morgan fingerprint density at radius 3 is 2.80 bits per heavy atom. The van der Waals surface area contributed by atoms with Gasteiger partial charge < -0.3 is 14.7 Å². The summed E-state index contributed by atoms with van der Waals surface area (Å²) in [6.07, 6.45) is 5.27. The SMILES string of the molecule is Cc1cccn2c(=O)c(C=C3SC(=S)N(CC4CCCO4)C3=O)c(N3CCN(CCO)CC3)nc12. The smallest absolute Gasteiger partial charge is 0.267 e. The molecule has 1 N–H and O–H groups in total. The fourth-order valence-corrected chi connectivity index (χ4v) is 6.03. The summed E-state index contributed by atoms with van der Waals surface area (Å²) in [6.45, 7) is 6.70. The number of fused-ring (bicyclic) bond motifs is 1. The molecule has 0 radical (unpaired) electrons. The number of thiocarbonyl (C=S) groups is 1. The number of nitrogens with zero attached hydrogens (tertiary/aromatic N) is 5. The molecule has 1 amide bonds. The molecule has 35 heavy (non-hydrogen) atoms. The van der Waals surface area contributed by atoms with Gasteiger partial charge in [-0.25, -0.2) is 4.98 Å². The maximum absolute atomic E-state index is 13.7. The molecule has 3 aliphatic rings. The number of carbonyl (C=O) groups excluding carboxylic acids is 1. The summed E-state index contributed by atoms with van der Waals surface area (Å²) < 4.78 is 7.72. The van der Waals surface area contributed by atoms with Crippen molar-refractivity contribution in [3.05, 3.63) is 44.7 Å². The van der Waals surface area contributed by atoms with Gasteiger partial charge in [0.25, 0.3) is 11.5 Å². The number of aryl methyl sites for hydroxylation is 1. The minimum atomic E-state index is -0.212. The Morgan fingerprint density at radius 1 is 1.29 bits per heavy atom. The number of hydrogen-bond acceptors (Lipinski definition) is 9. The first-order chi connectivity index (χ1) is 17.0. The molecule has 2 aromatic rings. The first-order valence-corrected chi connectivity index (χ1v) is 13.2. The molecule has 2 aromatic heterocycles. The summed E-state index contributed by atoms with van der Waals surface area (Å²) in [6, 6.07) is 3.75. The lowest BCUT2D eigenvalue weighted by atomic mass is 10.2. The highest BCUT2D eigenvalue weighted by atomic mass is 32.2. The van der Waals surface area contributed by atoms with Crippen LogP contribution in [0, 0.1) is 6.92 Å². The second kappa shape index (κ2) is 10.4. The van der Waals surface area contributed by atoms with Crippen molar-refractivity contribution in [1.82, 2.24) is 19.2 Å². The van der Waals surface area contributed by atoms with Gasteiger partial charge in [0.15, 0.2) is 0 Å². The van der Waals surface area contributed by atoms with E-state index in [1.165, 1.54) is 11.8 Å². The van der Waals surface area contributed by atoms with Crippen LogP contribution in [0.1, 0.15) is 24.0 Å². The average Bonchev–Trinajstić information content (AvgIpc) is 3.46. The van der Waals surface area contributed by atoms with Gasteiger partial charge in [0.05, 0.1) is 29.7 Å². The molecule has 9 nitrogen and oxygen atoms in total. The maximum Gasteiger partial charge on any atom is 0.267 e. The second-order valence-corrected chi connectivity index (χ2v) is 10.7. The van der Waals surface area contributed by atoms with Crippen molar-refractivity contribution in [2.45, 2.75) is 25.9 Å². The lowest BCUT2D eigenvalue weighted by Gasteiger charge is -2.35. The molecule has 0 saturated carbocycles. The largest absolute Gasteiger partial charge is 0.395 e. The Kier molecular flexibility index (Phi) is 7.21. The third-order valence-electron chi connectivity index (χ3n) is 6.71. The molecule has 3 saturated heterocycles. The number of β-amino-alcohol motifs (C(OH)–C–C–N with tert-alkyl or cyclic N) is 1. The van der Waals surface area contributed by atoms with E-state index in [1.54, 1.807) is 21.6 Å². The monoisotopic (exact) mass is 515 g/mol. The van der Waals surface area contributed by atoms with E-state index in [1.807, 2.05) is 19.1 Å². The summed E-state index contributed by atoms with van der Waals surface area (Å²) in [7, 11) is 0. The third kappa shape index (κ3) is 4.88. The van der Waals surface area contributed by atoms with Crippen LogP contribution >= 0.6 is 24.0 Å². The van der Waals surface area contributed by atoms with Gasteiger partial charge in [0.2, 0.25) is 0 Å². The van der Waals surface area contributed by atoms with E-state index in [0.717, 1.165) is 31.5 Å². The summed E-state index contributed by atoms with van der Waals surface area (Å²) in [5, 5.41) is 9.27. The molecule has 0 aliphatic carbocycles.